The summed E-state index contributed by atoms with van der Waals surface area (Å²) in [5.41, 5.74) is 9.75. The minimum Gasteiger partial charge on any atom is -0.475 e. The van der Waals surface area contributed by atoms with Crippen LogP contribution in [0.4, 0.5) is 13.2 Å². The number of carboxylic acids is 1. The highest BCUT2D eigenvalue weighted by Gasteiger charge is 2.49. The molecule has 1 aliphatic heterocycles. The predicted molar refractivity (Wildman–Crippen MR) is 151 cm³/mol. The molecule has 5 aliphatic rings. The van der Waals surface area contributed by atoms with Gasteiger partial charge in [-0.15, -0.1) is 0 Å². The zero-order chi connectivity index (χ0) is 30.0. The summed E-state index contributed by atoms with van der Waals surface area (Å²) >= 11 is 0. The van der Waals surface area contributed by atoms with Crippen molar-refractivity contribution in [3.63, 3.8) is 0 Å². The largest absolute Gasteiger partial charge is 0.490 e. The third-order valence-corrected chi connectivity index (χ3v) is 9.42. The van der Waals surface area contributed by atoms with Crippen molar-refractivity contribution >= 4 is 17.8 Å². The van der Waals surface area contributed by atoms with E-state index in [9.17, 15) is 22.8 Å². The summed E-state index contributed by atoms with van der Waals surface area (Å²) in [6, 6.07) is 17.8. The number of rotatable bonds is 6. The van der Waals surface area contributed by atoms with Crippen molar-refractivity contribution in [3.05, 3.63) is 60.2 Å². The SMILES string of the molecule is N[C@@H](Cc1cccc(-c2ccccc2)c1)C(=O)N1CCC[C@@H]1C(=O)NC1C2CC3CC(C2)CC1C3.O=C(O)C(F)(F)F. The van der Waals surface area contributed by atoms with E-state index in [0.717, 1.165) is 41.4 Å². The molecule has 4 saturated carbocycles. The molecular formula is C32H38F3N3O4. The fraction of sp³-hybridized carbons (Fsp3) is 0.531. The maximum absolute atomic E-state index is 13.4. The van der Waals surface area contributed by atoms with Crippen molar-refractivity contribution in [3.8, 4) is 11.1 Å². The topological polar surface area (TPSA) is 113 Å². The van der Waals surface area contributed by atoms with Crippen molar-refractivity contribution < 1.29 is 32.7 Å². The lowest BCUT2D eigenvalue weighted by Gasteiger charge is -2.54. The maximum atomic E-state index is 13.4. The molecule has 226 valence electrons. The third kappa shape index (κ3) is 6.80. The van der Waals surface area contributed by atoms with Crippen molar-refractivity contribution in [1.82, 2.24) is 10.2 Å². The number of halogens is 3. The Morgan fingerprint density at radius 1 is 0.929 bits per heavy atom. The van der Waals surface area contributed by atoms with Gasteiger partial charge in [0.05, 0.1) is 6.04 Å². The van der Waals surface area contributed by atoms with Crippen LogP contribution >= 0.6 is 0 Å². The smallest absolute Gasteiger partial charge is 0.475 e. The lowest BCUT2D eigenvalue weighted by atomic mass is 9.54. The van der Waals surface area contributed by atoms with Gasteiger partial charge in [-0.05, 0) is 91.7 Å². The maximum Gasteiger partial charge on any atom is 0.490 e. The number of likely N-dealkylation sites (tertiary alicyclic amines) is 1. The average molecular weight is 586 g/mol. The van der Waals surface area contributed by atoms with Crippen molar-refractivity contribution in [2.45, 2.75) is 75.7 Å². The van der Waals surface area contributed by atoms with Gasteiger partial charge in [0.15, 0.2) is 0 Å². The summed E-state index contributed by atoms with van der Waals surface area (Å²) in [5.74, 6) is 0.235. The number of carbonyl (C=O) groups excluding carboxylic acids is 2. The van der Waals surface area contributed by atoms with Gasteiger partial charge in [0.2, 0.25) is 11.8 Å². The normalized spacial score (nSPS) is 28.5. The first-order chi connectivity index (χ1) is 20.0. The molecule has 2 atom stereocenters. The molecule has 4 bridgehead atoms. The van der Waals surface area contributed by atoms with Crippen LogP contribution in [-0.4, -0.2) is 58.6 Å². The number of carboxylic acid groups (broad SMARTS) is 1. The van der Waals surface area contributed by atoms with Crippen LogP contribution in [-0.2, 0) is 20.8 Å². The molecule has 1 saturated heterocycles. The number of nitrogens with two attached hydrogens (primary N) is 1. The highest BCUT2D eigenvalue weighted by Crippen LogP contribution is 2.53. The second kappa shape index (κ2) is 12.5. The van der Waals surface area contributed by atoms with Crippen LogP contribution in [0.5, 0.6) is 0 Å². The molecule has 2 aromatic carbocycles. The van der Waals surface area contributed by atoms with Crippen LogP contribution in [0.15, 0.2) is 54.6 Å². The first-order valence-corrected chi connectivity index (χ1v) is 14.8. The van der Waals surface area contributed by atoms with Gasteiger partial charge in [-0.3, -0.25) is 9.59 Å². The van der Waals surface area contributed by atoms with Crippen LogP contribution in [0.2, 0.25) is 0 Å². The van der Waals surface area contributed by atoms with E-state index >= 15 is 0 Å². The molecule has 0 spiro atoms. The van der Waals surface area contributed by atoms with Gasteiger partial charge < -0.3 is 21.1 Å². The Hall–Kier alpha value is -3.40. The molecule has 0 aromatic heterocycles. The molecule has 7 nitrogen and oxygen atoms in total. The van der Waals surface area contributed by atoms with E-state index in [2.05, 4.69) is 29.6 Å². The number of hydrogen-bond acceptors (Lipinski definition) is 4. The Bertz CT molecular complexity index is 1260. The van der Waals surface area contributed by atoms with Gasteiger partial charge in [0, 0.05) is 12.6 Å². The van der Waals surface area contributed by atoms with E-state index in [-0.39, 0.29) is 17.9 Å². The zero-order valence-corrected chi connectivity index (χ0v) is 23.4. The van der Waals surface area contributed by atoms with Crippen LogP contribution in [0, 0.1) is 23.7 Å². The Kier molecular flexibility index (Phi) is 8.92. The molecular weight excluding hydrogens is 547 g/mol. The van der Waals surface area contributed by atoms with Gasteiger partial charge in [-0.2, -0.15) is 13.2 Å². The number of nitrogens with one attached hydrogen (secondary N) is 1. The first-order valence-electron chi connectivity index (χ1n) is 14.8. The first kappa shape index (κ1) is 30.1. The van der Waals surface area contributed by atoms with Crippen molar-refractivity contribution in [2.24, 2.45) is 29.4 Å². The Labute approximate surface area is 243 Å². The fourth-order valence-corrected chi connectivity index (χ4v) is 7.79. The van der Waals surface area contributed by atoms with E-state index in [4.69, 9.17) is 15.6 Å². The van der Waals surface area contributed by atoms with E-state index in [1.54, 1.807) is 4.90 Å². The van der Waals surface area contributed by atoms with Crippen molar-refractivity contribution in [1.29, 1.82) is 0 Å². The molecule has 42 heavy (non-hydrogen) atoms. The third-order valence-electron chi connectivity index (χ3n) is 9.42. The van der Waals surface area contributed by atoms with Crippen LogP contribution < -0.4 is 11.1 Å². The molecule has 1 heterocycles. The van der Waals surface area contributed by atoms with Crippen molar-refractivity contribution in [2.75, 3.05) is 6.54 Å². The van der Waals surface area contributed by atoms with Crippen LogP contribution in [0.3, 0.4) is 0 Å². The highest BCUT2D eigenvalue weighted by atomic mass is 19.4. The molecule has 0 unspecified atom stereocenters. The number of nitrogens with zero attached hydrogens (tertiary/aromatic N) is 1. The van der Waals surface area contributed by atoms with Crippen LogP contribution in [0.1, 0.15) is 50.5 Å². The molecule has 2 aromatic rings. The van der Waals surface area contributed by atoms with E-state index in [0.29, 0.717) is 30.8 Å². The number of alkyl halides is 3. The zero-order valence-electron chi connectivity index (χ0n) is 23.4. The predicted octanol–water partition coefficient (Wildman–Crippen LogP) is 4.79. The summed E-state index contributed by atoms with van der Waals surface area (Å²) in [6.07, 6.45) is 3.50. The van der Waals surface area contributed by atoms with E-state index in [1.807, 2.05) is 30.3 Å². The monoisotopic (exact) mass is 585 g/mol. The number of amides is 2. The van der Waals surface area contributed by atoms with Gasteiger partial charge >= 0.3 is 12.1 Å². The van der Waals surface area contributed by atoms with Gasteiger partial charge in [-0.1, -0.05) is 54.6 Å². The molecule has 2 amide bonds. The summed E-state index contributed by atoms with van der Waals surface area (Å²) in [5, 5.41) is 10.6. The Morgan fingerprint density at radius 2 is 1.52 bits per heavy atom. The second-order valence-corrected chi connectivity index (χ2v) is 12.3. The number of carbonyl (C=O) groups is 3. The lowest BCUT2D eigenvalue weighted by molar-refractivity contribution is -0.192. The summed E-state index contributed by atoms with van der Waals surface area (Å²) < 4.78 is 31.7. The van der Waals surface area contributed by atoms with Gasteiger partial charge in [0.1, 0.15) is 6.04 Å². The molecule has 5 fully saturated rings. The van der Waals surface area contributed by atoms with Gasteiger partial charge in [-0.25, -0.2) is 4.79 Å². The Morgan fingerprint density at radius 3 is 2.12 bits per heavy atom. The Balaban J connectivity index is 0.000000451. The summed E-state index contributed by atoms with van der Waals surface area (Å²) in [7, 11) is 0. The fourth-order valence-electron chi connectivity index (χ4n) is 7.79. The molecule has 0 radical (unpaired) electrons. The quantitative estimate of drug-likeness (QED) is 0.452. The van der Waals surface area contributed by atoms with E-state index < -0.39 is 18.2 Å². The summed E-state index contributed by atoms with van der Waals surface area (Å²) in [4.78, 5) is 37.4. The number of aliphatic carboxylic acids is 1. The lowest BCUT2D eigenvalue weighted by Crippen LogP contribution is -2.59. The summed E-state index contributed by atoms with van der Waals surface area (Å²) in [6.45, 7) is 0.621. The highest BCUT2D eigenvalue weighted by molar-refractivity contribution is 5.90. The molecule has 4 N–H and O–H groups in total. The molecule has 4 aliphatic carbocycles. The molecule has 7 rings (SSSR count). The standard InChI is InChI=1S/C30H37N3O2.C2HF3O2/c31-26(18-19-6-4-9-23(13-19)22-7-2-1-3-8-22)30(35)33-11-5-10-27(33)29(34)32-28-24-14-20-12-21(16-24)17-25(28)15-20;3-2(4,5)1(6)7/h1-4,6-9,13,20-21,24-28H,5,10-12,14-18,31H2,(H,32,34);(H,6,7)/t20?,21?,24?,25?,26-,27+,28?;/m0./s1. The minimum absolute atomic E-state index is 0.0478. The average Bonchev–Trinajstić information content (AvgIpc) is 3.45. The molecule has 10 heteroatoms. The van der Waals surface area contributed by atoms with Crippen LogP contribution in [0.25, 0.3) is 11.1 Å². The number of hydrogen-bond donors (Lipinski definition) is 3. The second-order valence-electron chi connectivity index (χ2n) is 12.3. The van der Waals surface area contributed by atoms with E-state index in [1.165, 1.54) is 32.1 Å². The minimum atomic E-state index is -5.08. The van der Waals surface area contributed by atoms with Gasteiger partial charge in [0.25, 0.3) is 0 Å². The number of benzene rings is 2.